The minimum Gasteiger partial charge on any atom is -0.493 e. The number of carbonyl (C=O) groups excluding carboxylic acids is 1. The van der Waals surface area contributed by atoms with Gasteiger partial charge in [0.2, 0.25) is 5.82 Å². The molecular formula is C20H17ClF5IN2O3. The van der Waals surface area contributed by atoms with Gasteiger partial charge in [-0.05, 0) is 47.7 Å². The smallest absolute Gasteiger partial charge is 0.417 e. The number of halogens is 7. The van der Waals surface area contributed by atoms with Crippen molar-refractivity contribution in [1.82, 2.24) is 4.98 Å². The highest BCUT2D eigenvalue weighted by atomic mass is 127. The highest BCUT2D eigenvalue weighted by Crippen LogP contribution is 2.55. The molecule has 12 heteroatoms. The second kappa shape index (κ2) is 8.90. The van der Waals surface area contributed by atoms with E-state index in [0.717, 1.165) is 26.2 Å². The molecule has 0 aliphatic carbocycles. The zero-order chi connectivity index (χ0) is 24.0. The fourth-order valence-corrected chi connectivity index (χ4v) is 4.61. The van der Waals surface area contributed by atoms with Crippen LogP contribution in [0.1, 0.15) is 25.3 Å². The van der Waals surface area contributed by atoms with E-state index in [4.69, 9.17) is 21.1 Å². The number of ether oxygens (including phenoxy) is 2. The number of hydrogen-bond acceptors (Lipinski definition) is 4. The van der Waals surface area contributed by atoms with Crippen molar-refractivity contribution in [1.29, 1.82) is 0 Å². The second-order valence-electron chi connectivity index (χ2n) is 7.40. The molecule has 0 unspecified atom stereocenters. The molecule has 32 heavy (non-hydrogen) atoms. The van der Waals surface area contributed by atoms with Gasteiger partial charge in [-0.15, -0.1) is 0 Å². The molecule has 1 fully saturated rings. The molecule has 0 spiro atoms. The van der Waals surface area contributed by atoms with E-state index in [-0.39, 0.29) is 16.4 Å². The average molecular weight is 591 g/mol. The van der Waals surface area contributed by atoms with Crippen LogP contribution < -0.4 is 10.1 Å². The van der Waals surface area contributed by atoms with Gasteiger partial charge in [0.05, 0.1) is 12.8 Å². The van der Waals surface area contributed by atoms with Crippen LogP contribution >= 0.6 is 34.2 Å². The first kappa shape index (κ1) is 24.9. The van der Waals surface area contributed by atoms with Crippen LogP contribution in [0.25, 0.3) is 0 Å². The Hall–Kier alpha value is -1.73. The van der Waals surface area contributed by atoms with E-state index in [1.165, 1.54) is 19.1 Å². The fraction of sp³-hybridized carbons (Fsp3) is 0.400. The number of carbonyl (C=O) groups is 1. The van der Waals surface area contributed by atoms with E-state index in [0.29, 0.717) is 3.70 Å². The van der Waals surface area contributed by atoms with Gasteiger partial charge in [0.25, 0.3) is 5.91 Å². The van der Waals surface area contributed by atoms with E-state index in [1.807, 2.05) is 0 Å². The number of hydrogen-bond donors (Lipinski definition) is 1. The van der Waals surface area contributed by atoms with Crippen molar-refractivity contribution in [3.05, 3.63) is 50.3 Å². The molecule has 3 rings (SSSR count). The summed E-state index contributed by atoms with van der Waals surface area (Å²) in [6.45, 7) is 2.05. The van der Waals surface area contributed by atoms with Gasteiger partial charge in [0.1, 0.15) is 15.0 Å². The Kier molecular flexibility index (Phi) is 6.93. The molecule has 1 aliphatic heterocycles. The van der Waals surface area contributed by atoms with Crippen molar-refractivity contribution < 1.29 is 36.2 Å². The van der Waals surface area contributed by atoms with Crippen LogP contribution in [0.15, 0.2) is 24.3 Å². The Morgan fingerprint density at radius 3 is 2.50 bits per heavy atom. The quantitative estimate of drug-likeness (QED) is 0.282. The molecule has 2 heterocycles. The van der Waals surface area contributed by atoms with Gasteiger partial charge in [-0.2, -0.15) is 17.6 Å². The van der Waals surface area contributed by atoms with Crippen molar-refractivity contribution in [3.8, 4) is 5.75 Å². The molecule has 0 bridgehead atoms. The summed E-state index contributed by atoms with van der Waals surface area (Å²) in [5, 5.41) is 2.64. The Balaban J connectivity index is 2.09. The van der Waals surface area contributed by atoms with E-state index in [1.54, 1.807) is 22.6 Å². The van der Waals surface area contributed by atoms with Crippen LogP contribution in [0.2, 0.25) is 5.15 Å². The third-order valence-electron chi connectivity index (χ3n) is 5.64. The average Bonchev–Trinajstić information content (AvgIpc) is 2.98. The summed E-state index contributed by atoms with van der Waals surface area (Å²) in [6.07, 6.45) is -6.54. The molecule has 174 valence electrons. The number of aromatic nitrogens is 1. The molecule has 0 radical (unpaired) electrons. The van der Waals surface area contributed by atoms with Crippen molar-refractivity contribution in [3.63, 3.8) is 0 Å². The minimum atomic E-state index is -4.85. The number of benzene rings is 1. The fourth-order valence-electron chi connectivity index (χ4n) is 3.75. The van der Waals surface area contributed by atoms with Crippen molar-refractivity contribution >= 4 is 45.8 Å². The topological polar surface area (TPSA) is 60.5 Å². The molecule has 1 aromatic carbocycles. The predicted molar refractivity (Wildman–Crippen MR) is 115 cm³/mol. The highest BCUT2D eigenvalue weighted by molar-refractivity contribution is 14.1. The minimum absolute atomic E-state index is 0.115. The zero-order valence-corrected chi connectivity index (χ0v) is 19.8. The Labute approximate surface area is 198 Å². The van der Waals surface area contributed by atoms with Crippen LogP contribution in [0.4, 0.5) is 27.6 Å². The van der Waals surface area contributed by atoms with Crippen LogP contribution in [-0.2, 0) is 9.53 Å². The zero-order valence-electron chi connectivity index (χ0n) is 16.9. The maximum absolute atomic E-state index is 14.3. The Morgan fingerprint density at radius 2 is 1.94 bits per heavy atom. The van der Waals surface area contributed by atoms with E-state index < -0.39 is 53.0 Å². The van der Waals surface area contributed by atoms with E-state index in [9.17, 15) is 26.7 Å². The first-order valence-electron chi connectivity index (χ1n) is 9.21. The Morgan fingerprint density at radius 1 is 1.28 bits per heavy atom. The standard InChI is InChI=1S/C20H17ClF5IN2O3/c1-8-13(9-4-5-10(22)14(23)15(9)31-3)16(32-19(8,2)20(24,25)26)18(30)28-11-6-7-12(21)29-17(11)27/h4-8,13,16H,1-3H3,(H,28,30)/t8-,13-,16+,19+/m0/s1. The lowest BCUT2D eigenvalue weighted by molar-refractivity contribution is -0.272. The molecule has 5 nitrogen and oxygen atoms in total. The number of nitrogens with zero attached hydrogens (tertiary/aromatic N) is 1. The summed E-state index contributed by atoms with van der Waals surface area (Å²) >= 11 is 7.59. The summed E-state index contributed by atoms with van der Waals surface area (Å²) in [5.41, 5.74) is -2.65. The SMILES string of the molecule is COc1c([C@H]2[C@H](C(=O)Nc3ccc(Cl)nc3I)O[C@@](C)(C(F)(F)F)[C@H]2C)ccc(F)c1F. The van der Waals surface area contributed by atoms with Gasteiger partial charge < -0.3 is 14.8 Å². The largest absolute Gasteiger partial charge is 0.493 e. The number of anilines is 1. The number of alkyl halides is 3. The summed E-state index contributed by atoms with van der Waals surface area (Å²) in [5.74, 6) is -6.75. The van der Waals surface area contributed by atoms with Gasteiger partial charge >= 0.3 is 6.18 Å². The maximum Gasteiger partial charge on any atom is 0.417 e. The van der Waals surface area contributed by atoms with Gasteiger partial charge in [0, 0.05) is 17.4 Å². The van der Waals surface area contributed by atoms with Crippen LogP contribution in [0.3, 0.4) is 0 Å². The number of rotatable bonds is 4. The van der Waals surface area contributed by atoms with Gasteiger partial charge in [-0.1, -0.05) is 24.6 Å². The predicted octanol–water partition coefficient (Wildman–Crippen LogP) is 5.70. The van der Waals surface area contributed by atoms with Crippen molar-refractivity contribution in [2.75, 3.05) is 12.4 Å². The molecule has 1 N–H and O–H groups in total. The highest BCUT2D eigenvalue weighted by Gasteiger charge is 2.65. The number of pyridine rings is 1. The molecule has 2 aromatic rings. The normalized spacial score (nSPS) is 25.6. The van der Waals surface area contributed by atoms with E-state index >= 15 is 0 Å². The van der Waals surface area contributed by atoms with Crippen LogP contribution in [0.5, 0.6) is 5.75 Å². The summed E-state index contributed by atoms with van der Waals surface area (Å²) in [4.78, 5) is 17.0. The summed E-state index contributed by atoms with van der Waals surface area (Å²) < 4.78 is 80.4. The molecular weight excluding hydrogens is 574 g/mol. The van der Waals surface area contributed by atoms with E-state index in [2.05, 4.69) is 10.3 Å². The van der Waals surface area contributed by atoms with Gasteiger partial charge in [-0.25, -0.2) is 9.37 Å². The number of methoxy groups -OCH3 is 1. The lowest BCUT2D eigenvalue weighted by Gasteiger charge is -2.32. The summed E-state index contributed by atoms with van der Waals surface area (Å²) in [6, 6.07) is 4.69. The van der Waals surface area contributed by atoms with Crippen LogP contribution in [0, 0.1) is 21.3 Å². The van der Waals surface area contributed by atoms with Crippen molar-refractivity contribution in [2.24, 2.45) is 5.92 Å². The third-order valence-corrected chi connectivity index (χ3v) is 6.68. The first-order chi connectivity index (χ1) is 14.8. The lowest BCUT2D eigenvalue weighted by atomic mass is 9.77. The molecule has 1 saturated heterocycles. The molecule has 0 saturated carbocycles. The number of nitrogens with one attached hydrogen (secondary N) is 1. The van der Waals surface area contributed by atoms with Crippen LogP contribution in [-0.4, -0.2) is 35.9 Å². The second-order valence-corrected chi connectivity index (χ2v) is 8.81. The third kappa shape index (κ3) is 4.26. The van der Waals surface area contributed by atoms with Gasteiger partial charge in [0.15, 0.2) is 17.2 Å². The molecule has 4 atom stereocenters. The lowest BCUT2D eigenvalue weighted by Crippen LogP contribution is -2.47. The molecule has 1 aliphatic rings. The summed E-state index contributed by atoms with van der Waals surface area (Å²) in [7, 11) is 1.06. The maximum atomic E-state index is 14.3. The first-order valence-corrected chi connectivity index (χ1v) is 10.7. The number of amides is 1. The molecule has 1 aromatic heterocycles. The Bertz CT molecular complexity index is 1050. The monoisotopic (exact) mass is 590 g/mol. The van der Waals surface area contributed by atoms with Crippen molar-refractivity contribution in [2.45, 2.75) is 37.6 Å². The van der Waals surface area contributed by atoms with Gasteiger partial charge in [-0.3, -0.25) is 4.79 Å². The molecule has 1 amide bonds.